The molecule has 0 saturated heterocycles. The summed E-state index contributed by atoms with van der Waals surface area (Å²) in [5, 5.41) is 0. The normalized spacial score (nSPS) is 16.6. The van der Waals surface area contributed by atoms with Gasteiger partial charge < -0.3 is 0 Å². The van der Waals surface area contributed by atoms with Crippen LogP contribution in [0.5, 0.6) is 0 Å². The van der Waals surface area contributed by atoms with Gasteiger partial charge in [-0.1, -0.05) is 44.3 Å². The van der Waals surface area contributed by atoms with Crippen molar-refractivity contribution in [3.8, 4) is 0 Å². The van der Waals surface area contributed by atoms with E-state index in [-0.39, 0.29) is 0 Å². The highest BCUT2D eigenvalue weighted by atomic mass is 14.0. The van der Waals surface area contributed by atoms with E-state index in [2.05, 4.69) is 38.0 Å². The largest absolute Gasteiger partial charge is 0.133 e. The summed E-state index contributed by atoms with van der Waals surface area (Å²) in [5.74, 6) is 0.738. The van der Waals surface area contributed by atoms with Crippen molar-refractivity contribution in [2.45, 2.75) is 26.4 Å². The van der Waals surface area contributed by atoms with Crippen molar-refractivity contribution in [3.05, 3.63) is 24.3 Å². The molecule has 1 aliphatic rings. The zero-order chi connectivity index (χ0) is 7.40. The molecule has 0 heterocycles. The lowest BCUT2D eigenvalue weighted by molar-refractivity contribution is 0.777. The summed E-state index contributed by atoms with van der Waals surface area (Å²) in [7, 11) is 0. The molecule has 0 aliphatic heterocycles. The van der Waals surface area contributed by atoms with E-state index in [0.717, 1.165) is 12.6 Å². The van der Waals surface area contributed by atoms with Crippen molar-refractivity contribution in [2.75, 3.05) is 0 Å². The van der Waals surface area contributed by atoms with Gasteiger partial charge in [0, 0.05) is 0 Å². The Morgan fingerprint density at radius 3 is 2.30 bits per heavy atom. The van der Waals surface area contributed by atoms with Crippen molar-refractivity contribution in [2.24, 2.45) is 5.92 Å². The van der Waals surface area contributed by atoms with Crippen LogP contribution in [0.15, 0.2) is 24.3 Å². The highest BCUT2D eigenvalue weighted by Crippen LogP contribution is 2.16. The number of allylic oxidation sites excluding steroid dienone is 4. The summed E-state index contributed by atoms with van der Waals surface area (Å²) in [6.45, 7) is 5.41. The molecule has 54 valence electrons. The quantitative estimate of drug-likeness (QED) is 0.520. The van der Waals surface area contributed by atoms with Crippen LogP contribution in [0.4, 0.5) is 0 Å². The Labute approximate surface area is 64.1 Å². The van der Waals surface area contributed by atoms with E-state index < -0.39 is 0 Å². The zero-order valence-electron chi connectivity index (χ0n) is 6.88. The summed E-state index contributed by atoms with van der Waals surface area (Å²) in [6, 6.07) is 0. The molecule has 0 fully saturated rings. The fourth-order valence-electron chi connectivity index (χ4n) is 1.20. The number of rotatable bonds is 3. The van der Waals surface area contributed by atoms with Gasteiger partial charge in [0.05, 0.1) is 0 Å². The molecule has 0 N–H and O–H groups in total. The Morgan fingerprint density at radius 1 is 1.20 bits per heavy atom. The number of hydrogen-bond donors (Lipinski definition) is 0. The Balaban J connectivity index is 2.14. The monoisotopic (exact) mass is 134 g/mol. The molecule has 0 aromatic heterocycles. The van der Waals surface area contributed by atoms with Crippen LogP contribution < -0.4 is 0 Å². The maximum atomic E-state index is 2.28. The lowest BCUT2D eigenvalue weighted by Gasteiger charge is -2.04. The minimum absolute atomic E-state index is 0.738. The first-order chi connectivity index (χ1) is 4.79. The molecule has 10 heavy (non-hydrogen) atoms. The molecule has 0 bridgehead atoms. The van der Waals surface area contributed by atoms with E-state index in [0.29, 0.717) is 0 Å². The summed E-state index contributed by atoms with van der Waals surface area (Å²) >= 11 is 0. The second kappa shape index (κ2) is 3.65. The van der Waals surface area contributed by atoms with Crippen LogP contribution >= 0.6 is 0 Å². The molecule has 0 atom stereocenters. The van der Waals surface area contributed by atoms with Crippen molar-refractivity contribution in [1.82, 2.24) is 0 Å². The van der Waals surface area contributed by atoms with Crippen LogP contribution in [0.2, 0.25) is 20.0 Å². The van der Waals surface area contributed by atoms with Gasteiger partial charge in [0.1, 0.15) is 6.71 Å². The smallest absolute Gasteiger partial charge is 0.0863 e. The molecule has 1 heteroatoms. The standard InChI is InChI=1S/C9H15B/c1-10(2)8-7-9-5-3-4-6-9/h3-6,9H,7-8H2,1-2H3. The van der Waals surface area contributed by atoms with Gasteiger partial charge in [-0.3, -0.25) is 0 Å². The van der Waals surface area contributed by atoms with Crippen LogP contribution in [0.3, 0.4) is 0 Å². The van der Waals surface area contributed by atoms with Gasteiger partial charge in [0.15, 0.2) is 0 Å². The highest BCUT2D eigenvalue weighted by Gasteiger charge is 2.05. The summed E-state index contributed by atoms with van der Waals surface area (Å²) < 4.78 is 0. The summed E-state index contributed by atoms with van der Waals surface area (Å²) in [4.78, 5) is 0. The molecule has 1 rings (SSSR count). The predicted molar refractivity (Wildman–Crippen MR) is 48.7 cm³/mol. The van der Waals surface area contributed by atoms with Gasteiger partial charge in [0.2, 0.25) is 0 Å². The fourth-order valence-corrected chi connectivity index (χ4v) is 1.20. The number of hydrogen-bond acceptors (Lipinski definition) is 0. The Hall–Kier alpha value is -0.455. The van der Waals surface area contributed by atoms with Gasteiger partial charge >= 0.3 is 0 Å². The lowest BCUT2D eigenvalue weighted by Crippen LogP contribution is -2.01. The molecule has 0 unspecified atom stereocenters. The first-order valence-corrected chi connectivity index (χ1v) is 4.14. The van der Waals surface area contributed by atoms with Gasteiger partial charge in [0.25, 0.3) is 0 Å². The van der Waals surface area contributed by atoms with E-state index in [4.69, 9.17) is 0 Å². The molecule has 0 nitrogen and oxygen atoms in total. The zero-order valence-corrected chi connectivity index (χ0v) is 6.88. The molecule has 0 aromatic rings. The van der Waals surface area contributed by atoms with Gasteiger partial charge in [-0.05, 0) is 12.3 Å². The van der Waals surface area contributed by atoms with E-state index >= 15 is 0 Å². The van der Waals surface area contributed by atoms with Gasteiger partial charge in [-0.25, -0.2) is 0 Å². The van der Waals surface area contributed by atoms with Gasteiger partial charge in [-0.15, -0.1) is 0 Å². The third kappa shape index (κ3) is 2.42. The van der Waals surface area contributed by atoms with Gasteiger partial charge in [-0.2, -0.15) is 0 Å². The first kappa shape index (κ1) is 7.65. The molecular weight excluding hydrogens is 119 g/mol. The fraction of sp³-hybridized carbons (Fsp3) is 0.556. The maximum absolute atomic E-state index is 2.28. The van der Waals surface area contributed by atoms with Crippen molar-refractivity contribution in [1.29, 1.82) is 0 Å². The average Bonchev–Trinajstić information content (AvgIpc) is 2.34. The second-order valence-corrected chi connectivity index (χ2v) is 3.40. The maximum Gasteiger partial charge on any atom is 0.133 e. The lowest BCUT2D eigenvalue weighted by atomic mass is 9.51. The van der Waals surface area contributed by atoms with Crippen LogP contribution in [0.1, 0.15) is 6.42 Å². The van der Waals surface area contributed by atoms with E-state index in [9.17, 15) is 0 Å². The van der Waals surface area contributed by atoms with Crippen LogP contribution in [-0.2, 0) is 0 Å². The molecule has 0 saturated carbocycles. The molecule has 0 amide bonds. The Kier molecular flexibility index (Phi) is 2.79. The summed E-state index contributed by atoms with van der Waals surface area (Å²) in [6.07, 6.45) is 11.5. The Morgan fingerprint density at radius 2 is 1.80 bits per heavy atom. The van der Waals surface area contributed by atoms with Crippen molar-refractivity contribution >= 4 is 6.71 Å². The van der Waals surface area contributed by atoms with Crippen LogP contribution in [0.25, 0.3) is 0 Å². The second-order valence-electron chi connectivity index (χ2n) is 3.40. The minimum atomic E-state index is 0.738. The Bertz CT molecular complexity index is 133. The van der Waals surface area contributed by atoms with Crippen molar-refractivity contribution < 1.29 is 0 Å². The first-order valence-electron chi connectivity index (χ1n) is 4.14. The van der Waals surface area contributed by atoms with E-state index in [1.165, 1.54) is 12.7 Å². The minimum Gasteiger partial charge on any atom is -0.0863 e. The molecule has 0 spiro atoms. The summed E-state index contributed by atoms with van der Waals surface area (Å²) in [5.41, 5.74) is 0. The molecule has 1 aliphatic carbocycles. The molecule has 0 aromatic carbocycles. The average molecular weight is 134 g/mol. The SMILES string of the molecule is CB(C)CCC1C=CC=C1. The molecular formula is C9H15B. The third-order valence-corrected chi connectivity index (χ3v) is 1.91. The van der Waals surface area contributed by atoms with E-state index in [1.807, 2.05) is 0 Å². The van der Waals surface area contributed by atoms with E-state index in [1.54, 1.807) is 0 Å². The van der Waals surface area contributed by atoms with Crippen LogP contribution in [-0.4, -0.2) is 6.71 Å². The topological polar surface area (TPSA) is 0 Å². The molecule has 0 radical (unpaired) electrons. The highest BCUT2D eigenvalue weighted by molar-refractivity contribution is 6.55. The van der Waals surface area contributed by atoms with Crippen molar-refractivity contribution in [3.63, 3.8) is 0 Å². The van der Waals surface area contributed by atoms with Crippen LogP contribution in [0, 0.1) is 5.92 Å². The third-order valence-electron chi connectivity index (χ3n) is 1.91. The predicted octanol–water partition coefficient (Wildman–Crippen LogP) is 2.87.